The zero-order chi connectivity index (χ0) is 29.4. The van der Waals surface area contributed by atoms with E-state index in [1.165, 1.54) is 5.56 Å². The molecule has 1 amide bonds. The molecule has 0 radical (unpaired) electrons. The molecule has 39 heavy (non-hydrogen) atoms. The van der Waals surface area contributed by atoms with E-state index in [0.717, 1.165) is 24.3 Å². The lowest BCUT2D eigenvalue weighted by Gasteiger charge is -2.24. The SMILES string of the molecule is Cc1ccccc1.NC(CC(F)(F)F)C(=O)NC(c1ccc(F)cc1)c1cc(F)cc(OC(F)(F)C(F)F)c1. The fraction of sp³-hybridized carbons (Fsp3) is 0.269. The number of benzene rings is 3. The number of halogens is 9. The smallest absolute Gasteiger partial charge is 0.428 e. The van der Waals surface area contributed by atoms with Crippen LogP contribution in [-0.2, 0) is 4.79 Å². The van der Waals surface area contributed by atoms with Gasteiger partial charge in [0, 0.05) is 6.07 Å². The van der Waals surface area contributed by atoms with Gasteiger partial charge >= 0.3 is 18.7 Å². The highest BCUT2D eigenvalue weighted by molar-refractivity contribution is 5.82. The van der Waals surface area contributed by atoms with E-state index in [4.69, 9.17) is 5.73 Å². The first-order chi connectivity index (χ1) is 18.1. The summed E-state index contributed by atoms with van der Waals surface area (Å²) in [5.74, 6) is -4.37. The predicted molar refractivity (Wildman–Crippen MR) is 124 cm³/mol. The van der Waals surface area contributed by atoms with Crippen molar-refractivity contribution >= 4 is 5.91 Å². The summed E-state index contributed by atoms with van der Waals surface area (Å²) in [5, 5.41) is 2.09. The normalized spacial score (nSPS) is 13.2. The Kier molecular flexibility index (Phi) is 10.8. The maximum atomic E-state index is 14.0. The lowest BCUT2D eigenvalue weighted by Crippen LogP contribution is -2.44. The van der Waals surface area contributed by atoms with Gasteiger partial charge in [-0.1, -0.05) is 48.0 Å². The van der Waals surface area contributed by atoms with Crippen LogP contribution in [0.3, 0.4) is 0 Å². The van der Waals surface area contributed by atoms with Gasteiger partial charge in [0.25, 0.3) is 0 Å². The molecule has 0 aliphatic heterocycles. The van der Waals surface area contributed by atoms with E-state index in [1.54, 1.807) is 0 Å². The number of aryl methyl sites for hydroxylation is 1. The zero-order valence-corrected chi connectivity index (χ0v) is 20.2. The lowest BCUT2D eigenvalue weighted by atomic mass is 9.97. The van der Waals surface area contributed by atoms with Crippen molar-refractivity contribution in [3.8, 4) is 5.75 Å². The van der Waals surface area contributed by atoms with Crippen molar-refractivity contribution in [2.45, 2.75) is 44.1 Å². The van der Waals surface area contributed by atoms with Crippen LogP contribution >= 0.6 is 0 Å². The Hall–Kier alpha value is -3.74. The largest absolute Gasteiger partial charge is 0.461 e. The molecule has 3 aromatic carbocycles. The number of rotatable bonds is 8. The third-order valence-electron chi connectivity index (χ3n) is 4.95. The van der Waals surface area contributed by atoms with Crippen LogP contribution in [0.25, 0.3) is 0 Å². The van der Waals surface area contributed by atoms with Crippen LogP contribution in [-0.4, -0.2) is 30.7 Å². The molecule has 3 rings (SSSR count). The third kappa shape index (κ3) is 10.5. The first kappa shape index (κ1) is 31.5. The van der Waals surface area contributed by atoms with E-state index in [-0.39, 0.29) is 11.1 Å². The number of carbonyl (C=O) groups excluding carboxylic acids is 1. The highest BCUT2D eigenvalue weighted by atomic mass is 19.4. The van der Waals surface area contributed by atoms with Gasteiger partial charge < -0.3 is 15.8 Å². The van der Waals surface area contributed by atoms with E-state index in [1.807, 2.05) is 18.2 Å². The first-order valence-electron chi connectivity index (χ1n) is 11.1. The molecular weight excluding hydrogens is 543 g/mol. The second-order valence-electron chi connectivity index (χ2n) is 8.26. The predicted octanol–water partition coefficient (Wildman–Crippen LogP) is 6.68. The van der Waals surface area contributed by atoms with E-state index in [2.05, 4.69) is 29.1 Å². The summed E-state index contributed by atoms with van der Waals surface area (Å²) in [5.41, 5.74) is 6.18. The summed E-state index contributed by atoms with van der Waals surface area (Å²) < 4.78 is 120. The standard InChI is InChI=1S/C19H15F9N2O2.C7H8/c20-11-3-1-9(2-4-11)15(30-16(31)14(29)8-18(24,25)26)10-5-12(21)7-13(6-10)32-19(27,28)17(22)23;1-7-5-3-2-4-6-7/h1-7,14-15,17H,8,29H2,(H,30,31);2-6H,1H3. The molecule has 0 spiro atoms. The van der Waals surface area contributed by atoms with Gasteiger partial charge in [0.05, 0.1) is 18.5 Å². The topological polar surface area (TPSA) is 64.4 Å². The Bertz CT molecular complexity index is 1200. The van der Waals surface area contributed by atoms with Crippen molar-refractivity contribution in [3.63, 3.8) is 0 Å². The minimum absolute atomic E-state index is 0.00358. The van der Waals surface area contributed by atoms with Crippen molar-refractivity contribution in [3.05, 3.63) is 101 Å². The molecule has 0 fully saturated rings. The lowest BCUT2D eigenvalue weighted by molar-refractivity contribution is -0.253. The Morgan fingerprint density at radius 3 is 1.95 bits per heavy atom. The van der Waals surface area contributed by atoms with Crippen LogP contribution in [0.15, 0.2) is 72.8 Å². The molecule has 2 unspecified atom stereocenters. The summed E-state index contributed by atoms with van der Waals surface area (Å²) in [6, 6.07) is 12.4. The van der Waals surface area contributed by atoms with E-state index < -0.39 is 60.5 Å². The molecule has 0 saturated heterocycles. The summed E-state index contributed by atoms with van der Waals surface area (Å²) in [7, 11) is 0. The molecule has 3 aromatic rings. The monoisotopic (exact) mass is 566 g/mol. The van der Waals surface area contributed by atoms with Crippen LogP contribution in [0.2, 0.25) is 0 Å². The van der Waals surface area contributed by atoms with Gasteiger partial charge in [-0.25, -0.2) is 8.78 Å². The molecule has 2 atom stereocenters. The highest BCUT2D eigenvalue weighted by Gasteiger charge is 2.44. The van der Waals surface area contributed by atoms with Crippen LogP contribution in [0, 0.1) is 18.6 Å². The molecular formula is C26H23F9N2O2. The third-order valence-corrected chi connectivity index (χ3v) is 4.95. The van der Waals surface area contributed by atoms with Gasteiger partial charge in [-0.15, -0.1) is 0 Å². The number of alkyl halides is 7. The second-order valence-corrected chi connectivity index (χ2v) is 8.26. The fourth-order valence-electron chi connectivity index (χ4n) is 3.15. The first-order valence-corrected chi connectivity index (χ1v) is 11.1. The van der Waals surface area contributed by atoms with Crippen LogP contribution in [0.4, 0.5) is 39.5 Å². The number of amides is 1. The number of ether oxygens (including phenoxy) is 1. The molecule has 0 aliphatic carbocycles. The highest BCUT2D eigenvalue weighted by Crippen LogP contribution is 2.32. The number of nitrogens with two attached hydrogens (primary N) is 1. The average molecular weight is 566 g/mol. The molecule has 4 nitrogen and oxygen atoms in total. The minimum Gasteiger partial charge on any atom is -0.428 e. The van der Waals surface area contributed by atoms with Gasteiger partial charge in [0.15, 0.2) is 0 Å². The van der Waals surface area contributed by atoms with Gasteiger partial charge in [-0.2, -0.15) is 30.7 Å². The van der Waals surface area contributed by atoms with Gasteiger partial charge in [-0.05, 0) is 42.3 Å². The van der Waals surface area contributed by atoms with Gasteiger partial charge in [0.1, 0.15) is 17.4 Å². The number of hydrogen-bond acceptors (Lipinski definition) is 3. The van der Waals surface area contributed by atoms with Crippen molar-refractivity contribution < 1.29 is 49.0 Å². The maximum absolute atomic E-state index is 14.0. The number of hydrogen-bond donors (Lipinski definition) is 2. The van der Waals surface area contributed by atoms with Gasteiger partial charge in [0.2, 0.25) is 5.91 Å². The zero-order valence-electron chi connectivity index (χ0n) is 20.2. The Labute approximate surface area is 217 Å². The molecule has 0 bridgehead atoms. The Balaban J connectivity index is 0.000000658. The minimum atomic E-state index is -4.98. The number of nitrogens with one attached hydrogen (secondary N) is 1. The summed E-state index contributed by atoms with van der Waals surface area (Å²) in [6.45, 7) is 2.08. The van der Waals surface area contributed by atoms with Gasteiger partial charge in [-0.3, -0.25) is 4.79 Å². The summed E-state index contributed by atoms with van der Waals surface area (Å²) >= 11 is 0. The summed E-state index contributed by atoms with van der Waals surface area (Å²) in [6.07, 6.45) is -15.7. The van der Waals surface area contributed by atoms with Crippen LogP contribution in [0.5, 0.6) is 5.75 Å². The fourth-order valence-corrected chi connectivity index (χ4v) is 3.15. The molecule has 13 heteroatoms. The van der Waals surface area contributed by atoms with Crippen molar-refractivity contribution in [2.24, 2.45) is 5.73 Å². The Morgan fingerprint density at radius 2 is 1.46 bits per heavy atom. The average Bonchev–Trinajstić information content (AvgIpc) is 2.82. The van der Waals surface area contributed by atoms with Crippen molar-refractivity contribution in [1.82, 2.24) is 5.32 Å². The van der Waals surface area contributed by atoms with E-state index >= 15 is 0 Å². The summed E-state index contributed by atoms with van der Waals surface area (Å²) in [4.78, 5) is 12.2. The van der Waals surface area contributed by atoms with Crippen LogP contribution in [0.1, 0.15) is 29.2 Å². The van der Waals surface area contributed by atoms with E-state index in [9.17, 15) is 44.3 Å². The van der Waals surface area contributed by atoms with Crippen molar-refractivity contribution in [2.75, 3.05) is 0 Å². The Morgan fingerprint density at radius 1 is 0.872 bits per heavy atom. The quantitative estimate of drug-likeness (QED) is 0.299. The second kappa shape index (κ2) is 13.4. The molecule has 212 valence electrons. The van der Waals surface area contributed by atoms with Crippen molar-refractivity contribution in [1.29, 1.82) is 0 Å². The maximum Gasteiger partial charge on any atom is 0.461 e. The molecule has 0 saturated carbocycles. The molecule has 0 aliphatic rings. The molecule has 0 aromatic heterocycles. The van der Waals surface area contributed by atoms with E-state index in [0.29, 0.717) is 18.2 Å². The van der Waals surface area contributed by atoms with Crippen LogP contribution < -0.4 is 15.8 Å². The molecule has 3 N–H and O–H groups in total. The number of carbonyl (C=O) groups is 1. The molecule has 0 heterocycles.